The van der Waals surface area contributed by atoms with Crippen molar-refractivity contribution < 1.29 is 4.74 Å². The second kappa shape index (κ2) is 7.09. The van der Waals surface area contributed by atoms with Crippen LogP contribution in [0, 0.1) is 0 Å². The summed E-state index contributed by atoms with van der Waals surface area (Å²) in [5.74, 6) is 0. The number of ether oxygens (including phenoxy) is 1. The Kier molecular flexibility index (Phi) is 4.93. The number of morpholine rings is 1. The normalized spacial score (nSPS) is 20.5. The van der Waals surface area contributed by atoms with Gasteiger partial charge in [0.1, 0.15) is 0 Å². The first kappa shape index (κ1) is 13.9. The summed E-state index contributed by atoms with van der Waals surface area (Å²) in [5, 5.41) is 0. The number of aryl methyl sites for hydroxylation is 1. The summed E-state index contributed by atoms with van der Waals surface area (Å²) < 4.78 is 5.38. The molecule has 2 aliphatic rings. The van der Waals surface area contributed by atoms with Gasteiger partial charge < -0.3 is 9.64 Å². The van der Waals surface area contributed by atoms with E-state index in [1.54, 1.807) is 0 Å². The van der Waals surface area contributed by atoms with E-state index in [2.05, 4.69) is 34.1 Å². The van der Waals surface area contributed by atoms with E-state index in [9.17, 15) is 0 Å². The standard InChI is InChI=1S/C17H26N2O/c1-2-11-19(10-1)17-7-5-16(6-8-17)4-3-9-18-12-14-20-15-13-18/h5-8H,1-4,9-15H2. The smallest absolute Gasteiger partial charge is 0.0594 e. The molecule has 0 saturated carbocycles. The SMILES string of the molecule is c1cc(N2CCCC2)ccc1CCCN1CCOCC1. The lowest BCUT2D eigenvalue weighted by Crippen LogP contribution is -2.36. The lowest BCUT2D eigenvalue weighted by molar-refractivity contribution is 0.0375. The molecule has 2 saturated heterocycles. The highest BCUT2D eigenvalue weighted by molar-refractivity contribution is 5.48. The van der Waals surface area contributed by atoms with E-state index in [4.69, 9.17) is 4.74 Å². The first-order chi connectivity index (χ1) is 9.92. The van der Waals surface area contributed by atoms with Crippen LogP contribution in [0.1, 0.15) is 24.8 Å². The molecule has 2 fully saturated rings. The van der Waals surface area contributed by atoms with Crippen molar-refractivity contribution in [2.24, 2.45) is 0 Å². The number of anilines is 1. The highest BCUT2D eigenvalue weighted by atomic mass is 16.5. The van der Waals surface area contributed by atoms with Gasteiger partial charge in [0.05, 0.1) is 13.2 Å². The zero-order valence-corrected chi connectivity index (χ0v) is 12.4. The second-order valence-electron chi connectivity index (χ2n) is 5.92. The summed E-state index contributed by atoms with van der Waals surface area (Å²) in [4.78, 5) is 5.01. The first-order valence-corrected chi connectivity index (χ1v) is 8.06. The second-order valence-corrected chi connectivity index (χ2v) is 5.92. The van der Waals surface area contributed by atoms with E-state index < -0.39 is 0 Å². The fourth-order valence-corrected chi connectivity index (χ4v) is 3.18. The number of benzene rings is 1. The quantitative estimate of drug-likeness (QED) is 0.820. The molecule has 0 atom stereocenters. The summed E-state index contributed by atoms with van der Waals surface area (Å²) in [5.41, 5.74) is 2.88. The van der Waals surface area contributed by atoms with Gasteiger partial charge in [0.2, 0.25) is 0 Å². The van der Waals surface area contributed by atoms with Crippen molar-refractivity contribution in [1.29, 1.82) is 0 Å². The van der Waals surface area contributed by atoms with Crippen LogP contribution in [0.3, 0.4) is 0 Å². The molecule has 0 bridgehead atoms. The summed E-state index contributed by atoms with van der Waals surface area (Å²) in [7, 11) is 0. The molecule has 3 nitrogen and oxygen atoms in total. The molecule has 2 heterocycles. The van der Waals surface area contributed by atoms with Gasteiger partial charge in [0.25, 0.3) is 0 Å². The Morgan fingerprint density at radius 3 is 2.30 bits per heavy atom. The van der Waals surface area contributed by atoms with Gasteiger partial charge in [-0.2, -0.15) is 0 Å². The van der Waals surface area contributed by atoms with Crippen LogP contribution >= 0.6 is 0 Å². The summed E-state index contributed by atoms with van der Waals surface area (Å²) in [6, 6.07) is 9.23. The van der Waals surface area contributed by atoms with Gasteiger partial charge in [-0.3, -0.25) is 4.90 Å². The maximum atomic E-state index is 5.38. The van der Waals surface area contributed by atoms with Gasteiger partial charge in [-0.15, -0.1) is 0 Å². The van der Waals surface area contributed by atoms with Crippen LogP contribution < -0.4 is 4.90 Å². The van der Waals surface area contributed by atoms with E-state index >= 15 is 0 Å². The molecule has 0 radical (unpaired) electrons. The average Bonchev–Trinajstić information content (AvgIpc) is 3.03. The Bertz CT molecular complexity index is 392. The van der Waals surface area contributed by atoms with Crippen molar-refractivity contribution in [3.63, 3.8) is 0 Å². The van der Waals surface area contributed by atoms with Crippen molar-refractivity contribution >= 4 is 5.69 Å². The van der Waals surface area contributed by atoms with Gasteiger partial charge in [0.15, 0.2) is 0 Å². The minimum Gasteiger partial charge on any atom is -0.379 e. The van der Waals surface area contributed by atoms with E-state index in [1.807, 2.05) is 0 Å². The Labute approximate surface area is 122 Å². The topological polar surface area (TPSA) is 15.7 Å². The van der Waals surface area contributed by atoms with E-state index in [0.29, 0.717) is 0 Å². The van der Waals surface area contributed by atoms with Crippen molar-refractivity contribution in [2.75, 3.05) is 50.8 Å². The molecule has 3 heteroatoms. The third kappa shape index (κ3) is 3.74. The van der Waals surface area contributed by atoms with Crippen molar-refractivity contribution in [2.45, 2.75) is 25.7 Å². The van der Waals surface area contributed by atoms with Gasteiger partial charge in [0, 0.05) is 31.9 Å². The van der Waals surface area contributed by atoms with Gasteiger partial charge in [-0.1, -0.05) is 12.1 Å². The predicted octanol–water partition coefficient (Wildman–Crippen LogP) is 2.55. The van der Waals surface area contributed by atoms with Crippen LogP contribution in [0.4, 0.5) is 5.69 Å². The van der Waals surface area contributed by atoms with Crippen molar-refractivity contribution in [3.05, 3.63) is 29.8 Å². The van der Waals surface area contributed by atoms with Crippen LogP contribution in [0.5, 0.6) is 0 Å². The lowest BCUT2D eigenvalue weighted by Gasteiger charge is -2.26. The molecule has 0 aliphatic carbocycles. The lowest BCUT2D eigenvalue weighted by atomic mass is 10.1. The summed E-state index contributed by atoms with van der Waals surface area (Å²) in [6.45, 7) is 7.70. The molecule has 1 aromatic rings. The van der Waals surface area contributed by atoms with Crippen LogP contribution in [-0.4, -0.2) is 50.8 Å². The minimum absolute atomic E-state index is 0.907. The number of hydrogen-bond donors (Lipinski definition) is 0. The Hall–Kier alpha value is -1.06. The monoisotopic (exact) mass is 274 g/mol. The molecule has 110 valence electrons. The number of hydrogen-bond acceptors (Lipinski definition) is 3. The van der Waals surface area contributed by atoms with E-state index in [-0.39, 0.29) is 0 Å². The van der Waals surface area contributed by atoms with Crippen LogP contribution in [-0.2, 0) is 11.2 Å². The van der Waals surface area contributed by atoms with E-state index in [1.165, 1.54) is 56.6 Å². The van der Waals surface area contributed by atoms with Crippen LogP contribution in [0.2, 0.25) is 0 Å². The maximum Gasteiger partial charge on any atom is 0.0594 e. The molecule has 1 aromatic carbocycles. The molecular weight excluding hydrogens is 248 g/mol. The number of rotatable bonds is 5. The number of nitrogens with zero attached hydrogens (tertiary/aromatic N) is 2. The van der Waals surface area contributed by atoms with Crippen molar-refractivity contribution in [3.8, 4) is 0 Å². The van der Waals surface area contributed by atoms with E-state index in [0.717, 1.165) is 26.3 Å². The molecule has 0 aromatic heterocycles. The van der Waals surface area contributed by atoms with Crippen molar-refractivity contribution in [1.82, 2.24) is 4.90 Å². The molecule has 3 rings (SSSR count). The fourth-order valence-electron chi connectivity index (χ4n) is 3.18. The average molecular weight is 274 g/mol. The summed E-state index contributed by atoms with van der Waals surface area (Å²) >= 11 is 0. The first-order valence-electron chi connectivity index (χ1n) is 8.06. The third-order valence-electron chi connectivity index (χ3n) is 4.45. The maximum absolute atomic E-state index is 5.38. The highest BCUT2D eigenvalue weighted by Gasteiger charge is 2.12. The van der Waals surface area contributed by atoms with Gasteiger partial charge >= 0.3 is 0 Å². The van der Waals surface area contributed by atoms with Gasteiger partial charge in [-0.25, -0.2) is 0 Å². The molecule has 0 N–H and O–H groups in total. The largest absolute Gasteiger partial charge is 0.379 e. The summed E-state index contributed by atoms with van der Waals surface area (Å²) in [6.07, 6.45) is 5.14. The van der Waals surface area contributed by atoms with Crippen LogP contribution in [0.15, 0.2) is 24.3 Å². The molecular formula is C17H26N2O. The Morgan fingerprint density at radius 2 is 1.60 bits per heavy atom. The fraction of sp³-hybridized carbons (Fsp3) is 0.647. The predicted molar refractivity (Wildman–Crippen MR) is 83.5 cm³/mol. The zero-order valence-electron chi connectivity index (χ0n) is 12.4. The van der Waals surface area contributed by atoms with Crippen LogP contribution in [0.25, 0.3) is 0 Å². The highest BCUT2D eigenvalue weighted by Crippen LogP contribution is 2.20. The zero-order chi connectivity index (χ0) is 13.6. The van der Waals surface area contributed by atoms with Gasteiger partial charge in [-0.05, 0) is 49.9 Å². The minimum atomic E-state index is 0.907. The Morgan fingerprint density at radius 1 is 0.900 bits per heavy atom. The molecule has 0 amide bonds. The molecule has 0 spiro atoms. The molecule has 20 heavy (non-hydrogen) atoms. The molecule has 0 unspecified atom stereocenters. The third-order valence-corrected chi connectivity index (χ3v) is 4.45. The Balaban J connectivity index is 1.43. The molecule has 2 aliphatic heterocycles.